The fourth-order valence-electron chi connectivity index (χ4n) is 0.993. The monoisotopic (exact) mass is 170 g/mol. The minimum absolute atomic E-state index is 0.932. The Morgan fingerprint density at radius 3 is 2.55 bits per heavy atom. The molecule has 0 aliphatic heterocycles. The van der Waals surface area contributed by atoms with Crippen LogP contribution in [-0.2, 0) is 6.54 Å². The SMILES string of the molecule is Cc1cc(N)c(CN(C)C)s1. The highest BCUT2D eigenvalue weighted by Crippen LogP contribution is 2.24. The Morgan fingerprint density at radius 1 is 1.55 bits per heavy atom. The average Bonchev–Trinajstić information content (AvgIpc) is 2.09. The zero-order valence-electron chi connectivity index (χ0n) is 7.22. The third kappa shape index (κ3) is 2.20. The van der Waals surface area contributed by atoms with Gasteiger partial charge < -0.3 is 10.6 Å². The lowest BCUT2D eigenvalue weighted by molar-refractivity contribution is 0.407. The van der Waals surface area contributed by atoms with E-state index >= 15 is 0 Å². The van der Waals surface area contributed by atoms with Crippen molar-refractivity contribution in [3.8, 4) is 0 Å². The van der Waals surface area contributed by atoms with Gasteiger partial charge in [0.05, 0.1) is 0 Å². The second kappa shape index (κ2) is 3.24. The van der Waals surface area contributed by atoms with Gasteiger partial charge in [-0.3, -0.25) is 0 Å². The smallest absolute Gasteiger partial charge is 0.0471 e. The predicted molar refractivity (Wildman–Crippen MR) is 50.9 cm³/mol. The lowest BCUT2D eigenvalue weighted by Crippen LogP contribution is -2.10. The number of nitrogen functional groups attached to an aromatic ring is 1. The van der Waals surface area contributed by atoms with Gasteiger partial charge >= 0.3 is 0 Å². The van der Waals surface area contributed by atoms with Gasteiger partial charge in [-0.15, -0.1) is 11.3 Å². The molecule has 0 saturated heterocycles. The average molecular weight is 170 g/mol. The molecule has 62 valence electrons. The third-order valence-corrected chi connectivity index (χ3v) is 2.48. The van der Waals surface area contributed by atoms with Crippen LogP contribution >= 0.6 is 11.3 Å². The lowest BCUT2D eigenvalue weighted by Gasteiger charge is -2.07. The summed E-state index contributed by atoms with van der Waals surface area (Å²) in [4.78, 5) is 4.69. The molecule has 1 rings (SSSR count). The summed E-state index contributed by atoms with van der Waals surface area (Å²) in [6.07, 6.45) is 0. The first kappa shape index (κ1) is 8.56. The largest absolute Gasteiger partial charge is 0.398 e. The summed E-state index contributed by atoms with van der Waals surface area (Å²) >= 11 is 1.78. The Labute approximate surface area is 71.6 Å². The Kier molecular flexibility index (Phi) is 2.52. The van der Waals surface area contributed by atoms with E-state index in [-0.39, 0.29) is 0 Å². The van der Waals surface area contributed by atoms with Crippen LogP contribution in [0.3, 0.4) is 0 Å². The van der Waals surface area contributed by atoms with Crippen LogP contribution in [-0.4, -0.2) is 19.0 Å². The maximum atomic E-state index is 5.77. The first-order valence-corrected chi connectivity index (χ1v) is 4.40. The molecule has 0 radical (unpaired) electrons. The highest BCUT2D eigenvalue weighted by Gasteiger charge is 2.03. The number of hydrogen-bond acceptors (Lipinski definition) is 3. The first-order chi connectivity index (χ1) is 5.09. The highest BCUT2D eigenvalue weighted by molar-refractivity contribution is 7.12. The summed E-state index contributed by atoms with van der Waals surface area (Å²) in [7, 11) is 4.10. The number of anilines is 1. The van der Waals surface area contributed by atoms with Crippen LogP contribution in [0.1, 0.15) is 9.75 Å². The second-order valence-corrected chi connectivity index (χ2v) is 4.31. The van der Waals surface area contributed by atoms with Gasteiger partial charge in [0.1, 0.15) is 0 Å². The van der Waals surface area contributed by atoms with Crippen molar-refractivity contribution in [2.45, 2.75) is 13.5 Å². The second-order valence-electron chi connectivity index (χ2n) is 2.97. The molecule has 0 aliphatic rings. The van der Waals surface area contributed by atoms with E-state index in [9.17, 15) is 0 Å². The van der Waals surface area contributed by atoms with Crippen LogP contribution in [0.25, 0.3) is 0 Å². The molecule has 0 aliphatic carbocycles. The van der Waals surface area contributed by atoms with Crippen molar-refractivity contribution in [1.82, 2.24) is 4.90 Å². The summed E-state index contributed by atoms with van der Waals surface area (Å²) in [5.74, 6) is 0. The topological polar surface area (TPSA) is 29.3 Å². The molecule has 0 aromatic carbocycles. The van der Waals surface area contributed by atoms with Crippen LogP contribution in [0.5, 0.6) is 0 Å². The molecule has 0 atom stereocenters. The van der Waals surface area contributed by atoms with E-state index in [1.165, 1.54) is 9.75 Å². The van der Waals surface area contributed by atoms with Crippen LogP contribution in [0.2, 0.25) is 0 Å². The van der Waals surface area contributed by atoms with Gasteiger partial charge in [0, 0.05) is 22.0 Å². The molecule has 2 N–H and O–H groups in total. The van der Waals surface area contributed by atoms with Crippen LogP contribution in [0.15, 0.2) is 6.07 Å². The van der Waals surface area contributed by atoms with E-state index < -0.39 is 0 Å². The van der Waals surface area contributed by atoms with Crippen molar-refractivity contribution in [1.29, 1.82) is 0 Å². The number of rotatable bonds is 2. The normalized spacial score (nSPS) is 10.9. The molecule has 11 heavy (non-hydrogen) atoms. The van der Waals surface area contributed by atoms with Crippen molar-refractivity contribution in [2.75, 3.05) is 19.8 Å². The van der Waals surface area contributed by atoms with Crippen molar-refractivity contribution in [3.05, 3.63) is 15.8 Å². The summed E-state index contributed by atoms with van der Waals surface area (Å²) in [6, 6.07) is 2.03. The van der Waals surface area contributed by atoms with E-state index in [4.69, 9.17) is 5.73 Å². The van der Waals surface area contributed by atoms with Crippen molar-refractivity contribution in [3.63, 3.8) is 0 Å². The molecule has 0 saturated carbocycles. The Balaban J connectivity index is 2.77. The fraction of sp³-hybridized carbons (Fsp3) is 0.500. The van der Waals surface area contributed by atoms with E-state index in [1.54, 1.807) is 11.3 Å². The number of aryl methyl sites for hydroxylation is 1. The molecule has 0 unspecified atom stereocenters. The summed E-state index contributed by atoms with van der Waals surface area (Å²) in [6.45, 7) is 3.03. The van der Waals surface area contributed by atoms with Crippen LogP contribution in [0.4, 0.5) is 5.69 Å². The lowest BCUT2D eigenvalue weighted by atomic mass is 10.3. The first-order valence-electron chi connectivity index (χ1n) is 3.59. The van der Waals surface area contributed by atoms with Crippen LogP contribution < -0.4 is 5.73 Å². The Bertz CT molecular complexity index is 240. The number of nitrogens with two attached hydrogens (primary N) is 1. The fourth-order valence-corrected chi connectivity index (χ4v) is 2.07. The zero-order chi connectivity index (χ0) is 8.43. The summed E-state index contributed by atoms with van der Waals surface area (Å²) < 4.78 is 0. The van der Waals surface area contributed by atoms with Gasteiger partial charge in [-0.05, 0) is 27.1 Å². The molecule has 3 heteroatoms. The van der Waals surface area contributed by atoms with Gasteiger partial charge in [-0.2, -0.15) is 0 Å². The molecule has 0 spiro atoms. The number of nitrogens with zero attached hydrogens (tertiary/aromatic N) is 1. The predicted octanol–water partition coefficient (Wildman–Crippen LogP) is 1.70. The van der Waals surface area contributed by atoms with Crippen molar-refractivity contribution >= 4 is 17.0 Å². The minimum atomic E-state index is 0.932. The standard InChI is InChI=1S/C8H14N2S/c1-6-4-7(9)8(11-6)5-10(2)3/h4H,5,9H2,1-3H3. The number of hydrogen-bond donors (Lipinski definition) is 1. The summed E-state index contributed by atoms with van der Waals surface area (Å²) in [5, 5.41) is 0. The molecule has 0 bridgehead atoms. The molecule has 1 heterocycles. The Hall–Kier alpha value is -0.540. The molecule has 2 nitrogen and oxygen atoms in total. The Morgan fingerprint density at radius 2 is 2.18 bits per heavy atom. The maximum Gasteiger partial charge on any atom is 0.0471 e. The van der Waals surface area contributed by atoms with Gasteiger partial charge in [-0.25, -0.2) is 0 Å². The molecule has 1 aromatic rings. The van der Waals surface area contributed by atoms with E-state index in [0.717, 1.165) is 12.2 Å². The van der Waals surface area contributed by atoms with Crippen molar-refractivity contribution in [2.24, 2.45) is 0 Å². The molecule has 0 fully saturated rings. The maximum absolute atomic E-state index is 5.77. The quantitative estimate of drug-likeness (QED) is 0.732. The molecule has 0 amide bonds. The van der Waals surface area contributed by atoms with Gasteiger partial charge in [0.25, 0.3) is 0 Å². The third-order valence-electron chi connectivity index (χ3n) is 1.42. The van der Waals surface area contributed by atoms with E-state index in [0.29, 0.717) is 0 Å². The van der Waals surface area contributed by atoms with Gasteiger partial charge in [0.15, 0.2) is 0 Å². The molecular weight excluding hydrogens is 156 g/mol. The number of thiophene rings is 1. The van der Waals surface area contributed by atoms with E-state index in [1.807, 2.05) is 6.07 Å². The molecular formula is C8H14N2S. The highest BCUT2D eigenvalue weighted by atomic mass is 32.1. The van der Waals surface area contributed by atoms with Gasteiger partial charge in [0.2, 0.25) is 0 Å². The summed E-state index contributed by atoms with van der Waals surface area (Å²) in [5.41, 5.74) is 6.71. The van der Waals surface area contributed by atoms with Crippen LogP contribution in [0, 0.1) is 6.92 Å². The van der Waals surface area contributed by atoms with E-state index in [2.05, 4.69) is 25.9 Å². The molecule has 1 aromatic heterocycles. The zero-order valence-corrected chi connectivity index (χ0v) is 8.03. The minimum Gasteiger partial charge on any atom is -0.398 e. The van der Waals surface area contributed by atoms with Gasteiger partial charge in [-0.1, -0.05) is 0 Å². The van der Waals surface area contributed by atoms with Crippen molar-refractivity contribution < 1.29 is 0 Å².